The lowest BCUT2D eigenvalue weighted by atomic mass is 10.1. The smallest absolute Gasteiger partial charge is 0.123 e. The summed E-state index contributed by atoms with van der Waals surface area (Å²) in [4.78, 5) is 0. The second-order valence-electron chi connectivity index (χ2n) is 4.10. The first-order chi connectivity index (χ1) is 6.66. The van der Waals surface area contributed by atoms with Crippen LogP contribution in [-0.4, -0.2) is 19.2 Å². The summed E-state index contributed by atoms with van der Waals surface area (Å²) in [6.45, 7) is 8.32. The number of hydrogen-bond acceptors (Lipinski definition) is 2. The lowest BCUT2D eigenvalue weighted by molar-refractivity contribution is 0.141. The predicted octanol–water partition coefficient (Wildman–Crippen LogP) is 1.96. The van der Waals surface area contributed by atoms with Crippen molar-refractivity contribution in [1.29, 1.82) is 0 Å². The zero-order chi connectivity index (χ0) is 10.1. The van der Waals surface area contributed by atoms with Crippen LogP contribution in [0, 0.1) is 20.8 Å². The van der Waals surface area contributed by atoms with Crippen molar-refractivity contribution in [2.75, 3.05) is 13.1 Å². The van der Waals surface area contributed by atoms with Crippen LogP contribution in [0.5, 0.6) is 5.75 Å². The van der Waals surface area contributed by atoms with E-state index >= 15 is 0 Å². The van der Waals surface area contributed by atoms with Gasteiger partial charge in [-0.1, -0.05) is 6.07 Å². The van der Waals surface area contributed by atoms with Crippen LogP contribution in [-0.2, 0) is 0 Å². The van der Waals surface area contributed by atoms with E-state index in [-0.39, 0.29) is 0 Å². The van der Waals surface area contributed by atoms with E-state index in [0.29, 0.717) is 6.10 Å². The Balaban J connectivity index is 2.19. The molecular weight excluding hydrogens is 174 g/mol. The first-order valence-electron chi connectivity index (χ1n) is 5.12. The quantitative estimate of drug-likeness (QED) is 0.771. The van der Waals surface area contributed by atoms with E-state index in [2.05, 4.69) is 38.2 Å². The maximum absolute atomic E-state index is 5.85. The standard InChI is InChI=1S/C12H17NO/c1-8-4-10(3)12(5-9(8)2)14-11-6-13-7-11/h4-5,11,13H,6-7H2,1-3H3. The van der Waals surface area contributed by atoms with Gasteiger partial charge in [0.2, 0.25) is 0 Å². The minimum absolute atomic E-state index is 0.371. The summed E-state index contributed by atoms with van der Waals surface area (Å²) in [5.41, 5.74) is 3.87. The number of rotatable bonds is 2. The molecule has 2 rings (SSSR count). The maximum Gasteiger partial charge on any atom is 0.123 e. The third kappa shape index (κ3) is 1.75. The Labute approximate surface area is 85.3 Å². The molecule has 0 aromatic heterocycles. The summed E-state index contributed by atoms with van der Waals surface area (Å²) >= 11 is 0. The summed E-state index contributed by atoms with van der Waals surface area (Å²) in [5.74, 6) is 1.04. The molecule has 0 spiro atoms. The van der Waals surface area contributed by atoms with Crippen LogP contribution in [0.1, 0.15) is 16.7 Å². The van der Waals surface area contributed by atoms with E-state index in [4.69, 9.17) is 4.74 Å². The van der Waals surface area contributed by atoms with E-state index < -0.39 is 0 Å². The Morgan fingerprint density at radius 2 is 1.71 bits per heavy atom. The SMILES string of the molecule is Cc1cc(C)c(OC2CNC2)cc1C. The average Bonchev–Trinajstić information content (AvgIpc) is 2.06. The third-order valence-electron chi connectivity index (χ3n) is 2.83. The summed E-state index contributed by atoms with van der Waals surface area (Å²) in [6, 6.07) is 4.33. The number of nitrogens with one attached hydrogen (secondary N) is 1. The lowest BCUT2D eigenvalue weighted by Crippen LogP contribution is -2.50. The molecule has 2 heteroatoms. The Hall–Kier alpha value is -1.02. The largest absolute Gasteiger partial charge is 0.487 e. The van der Waals surface area contributed by atoms with Gasteiger partial charge in [0.15, 0.2) is 0 Å². The molecule has 0 atom stereocenters. The molecule has 1 heterocycles. The van der Waals surface area contributed by atoms with Crippen LogP contribution >= 0.6 is 0 Å². The van der Waals surface area contributed by atoms with Crippen LogP contribution in [0.4, 0.5) is 0 Å². The lowest BCUT2D eigenvalue weighted by Gasteiger charge is -2.28. The highest BCUT2D eigenvalue weighted by molar-refractivity contribution is 5.41. The molecule has 1 fully saturated rings. The second-order valence-corrected chi connectivity index (χ2v) is 4.10. The molecule has 0 aliphatic carbocycles. The van der Waals surface area contributed by atoms with Crippen LogP contribution in [0.2, 0.25) is 0 Å². The molecule has 1 aromatic carbocycles. The van der Waals surface area contributed by atoms with E-state index in [0.717, 1.165) is 18.8 Å². The Morgan fingerprint density at radius 1 is 1.07 bits per heavy atom. The van der Waals surface area contributed by atoms with Crippen molar-refractivity contribution < 1.29 is 4.74 Å². The number of hydrogen-bond donors (Lipinski definition) is 1. The summed E-state index contributed by atoms with van der Waals surface area (Å²) in [5, 5.41) is 3.20. The molecule has 1 aliphatic rings. The molecule has 0 unspecified atom stereocenters. The van der Waals surface area contributed by atoms with Crippen molar-refractivity contribution in [3.05, 3.63) is 28.8 Å². The topological polar surface area (TPSA) is 21.3 Å². The normalized spacial score (nSPS) is 16.5. The van der Waals surface area contributed by atoms with E-state index in [1.807, 2.05) is 0 Å². The minimum atomic E-state index is 0.371. The van der Waals surface area contributed by atoms with Crippen molar-refractivity contribution in [3.63, 3.8) is 0 Å². The number of ether oxygens (including phenoxy) is 1. The van der Waals surface area contributed by atoms with Crippen molar-refractivity contribution in [2.24, 2.45) is 0 Å². The van der Waals surface area contributed by atoms with E-state index in [9.17, 15) is 0 Å². The Kier molecular flexibility index (Phi) is 2.46. The van der Waals surface area contributed by atoms with E-state index in [1.54, 1.807) is 0 Å². The molecule has 14 heavy (non-hydrogen) atoms. The predicted molar refractivity (Wildman–Crippen MR) is 57.9 cm³/mol. The first-order valence-corrected chi connectivity index (χ1v) is 5.12. The summed E-state index contributed by atoms with van der Waals surface area (Å²) in [7, 11) is 0. The van der Waals surface area contributed by atoms with Crippen LogP contribution in [0.15, 0.2) is 12.1 Å². The Morgan fingerprint density at radius 3 is 2.29 bits per heavy atom. The molecule has 1 N–H and O–H groups in total. The van der Waals surface area contributed by atoms with Gasteiger partial charge in [0.05, 0.1) is 0 Å². The van der Waals surface area contributed by atoms with Gasteiger partial charge in [-0.15, -0.1) is 0 Å². The highest BCUT2D eigenvalue weighted by Crippen LogP contribution is 2.23. The van der Waals surface area contributed by atoms with E-state index in [1.165, 1.54) is 16.7 Å². The summed E-state index contributed by atoms with van der Waals surface area (Å²) < 4.78 is 5.85. The zero-order valence-electron chi connectivity index (χ0n) is 9.05. The first kappa shape index (κ1) is 9.53. The second kappa shape index (κ2) is 3.62. The molecule has 76 valence electrons. The van der Waals surface area contributed by atoms with Crippen molar-refractivity contribution >= 4 is 0 Å². The Bertz CT molecular complexity index is 342. The number of aryl methyl sites for hydroxylation is 3. The molecule has 0 saturated carbocycles. The van der Waals surface area contributed by atoms with Crippen molar-refractivity contribution in [3.8, 4) is 5.75 Å². The fourth-order valence-corrected chi connectivity index (χ4v) is 1.59. The van der Waals surface area contributed by atoms with Crippen LogP contribution < -0.4 is 10.1 Å². The van der Waals surface area contributed by atoms with Crippen molar-refractivity contribution in [2.45, 2.75) is 26.9 Å². The molecule has 0 amide bonds. The van der Waals surface area contributed by atoms with Crippen LogP contribution in [0.25, 0.3) is 0 Å². The molecule has 2 nitrogen and oxygen atoms in total. The monoisotopic (exact) mass is 191 g/mol. The highest BCUT2D eigenvalue weighted by Gasteiger charge is 2.19. The molecule has 0 radical (unpaired) electrons. The van der Waals surface area contributed by atoms with Gasteiger partial charge in [0.1, 0.15) is 11.9 Å². The molecule has 1 saturated heterocycles. The maximum atomic E-state index is 5.85. The van der Waals surface area contributed by atoms with Crippen molar-refractivity contribution in [1.82, 2.24) is 5.32 Å². The minimum Gasteiger partial charge on any atom is -0.487 e. The zero-order valence-corrected chi connectivity index (χ0v) is 9.05. The van der Waals surface area contributed by atoms with Gasteiger partial charge in [-0.25, -0.2) is 0 Å². The number of benzene rings is 1. The van der Waals surface area contributed by atoms with Gasteiger partial charge in [-0.05, 0) is 43.5 Å². The van der Waals surface area contributed by atoms with Gasteiger partial charge >= 0.3 is 0 Å². The molecule has 1 aromatic rings. The average molecular weight is 191 g/mol. The molecular formula is C12H17NO. The third-order valence-corrected chi connectivity index (χ3v) is 2.83. The molecule has 0 bridgehead atoms. The summed E-state index contributed by atoms with van der Waals surface area (Å²) in [6.07, 6.45) is 0.371. The van der Waals surface area contributed by atoms with Gasteiger partial charge < -0.3 is 10.1 Å². The van der Waals surface area contributed by atoms with Crippen LogP contribution in [0.3, 0.4) is 0 Å². The molecule has 1 aliphatic heterocycles. The fourth-order valence-electron chi connectivity index (χ4n) is 1.59. The van der Waals surface area contributed by atoms with Gasteiger partial charge in [0.25, 0.3) is 0 Å². The fraction of sp³-hybridized carbons (Fsp3) is 0.500. The van der Waals surface area contributed by atoms with Gasteiger partial charge in [0, 0.05) is 13.1 Å². The van der Waals surface area contributed by atoms with Gasteiger partial charge in [-0.3, -0.25) is 0 Å². The van der Waals surface area contributed by atoms with Gasteiger partial charge in [-0.2, -0.15) is 0 Å². The highest BCUT2D eigenvalue weighted by atomic mass is 16.5.